The van der Waals surface area contributed by atoms with Crippen LogP contribution in [0.1, 0.15) is 31.7 Å². The summed E-state index contributed by atoms with van der Waals surface area (Å²) >= 11 is 0. The van der Waals surface area contributed by atoms with Gasteiger partial charge < -0.3 is 5.32 Å². The van der Waals surface area contributed by atoms with Crippen molar-refractivity contribution < 1.29 is 13.6 Å². The Balaban J connectivity index is 2.76. The lowest BCUT2D eigenvalue weighted by Crippen LogP contribution is -2.33. The number of aromatic nitrogens is 2. The molecule has 1 heterocycles. The van der Waals surface area contributed by atoms with E-state index >= 15 is 0 Å². The van der Waals surface area contributed by atoms with E-state index < -0.39 is 6.43 Å². The minimum atomic E-state index is -2.62. The van der Waals surface area contributed by atoms with Crippen molar-refractivity contribution in [1.29, 1.82) is 0 Å². The van der Waals surface area contributed by atoms with Crippen LogP contribution in [0.3, 0.4) is 0 Å². The summed E-state index contributed by atoms with van der Waals surface area (Å²) in [5.41, 5.74) is 0.254. The molecule has 0 spiro atoms. The molecule has 1 rings (SSSR count). The number of rotatable bonds is 4. The molecule has 0 saturated heterocycles. The molecule has 0 aliphatic carbocycles. The van der Waals surface area contributed by atoms with Crippen molar-refractivity contribution in [2.45, 2.75) is 39.8 Å². The molecule has 4 nitrogen and oxygen atoms in total. The number of hydrogen-bond donors (Lipinski definition) is 1. The van der Waals surface area contributed by atoms with Crippen LogP contribution in [0.15, 0.2) is 6.07 Å². The first kappa shape index (κ1) is 12.6. The number of nitrogens with zero attached hydrogens (tertiary/aromatic N) is 2. The summed E-state index contributed by atoms with van der Waals surface area (Å²) in [6.45, 7) is 5.05. The van der Waals surface area contributed by atoms with Crippen LogP contribution in [-0.2, 0) is 11.3 Å². The van der Waals surface area contributed by atoms with Gasteiger partial charge in [-0.2, -0.15) is 5.10 Å². The first-order valence-corrected chi connectivity index (χ1v) is 5.02. The fraction of sp³-hybridized carbons (Fsp3) is 0.600. The monoisotopic (exact) mass is 231 g/mol. The third kappa shape index (κ3) is 3.29. The smallest absolute Gasteiger partial charge is 0.280 e. The Hall–Kier alpha value is -1.46. The summed E-state index contributed by atoms with van der Waals surface area (Å²) in [5.74, 6) is -0.319. The van der Waals surface area contributed by atoms with Crippen LogP contribution in [0.2, 0.25) is 0 Å². The first-order valence-electron chi connectivity index (χ1n) is 5.02. The molecule has 6 heteroatoms. The molecule has 90 valence electrons. The van der Waals surface area contributed by atoms with Crippen molar-refractivity contribution in [2.75, 3.05) is 0 Å². The number of alkyl halides is 2. The van der Waals surface area contributed by atoms with Crippen molar-refractivity contribution >= 4 is 5.91 Å². The number of halogens is 2. The highest BCUT2D eigenvalue weighted by molar-refractivity contribution is 5.75. The van der Waals surface area contributed by atoms with E-state index in [0.717, 1.165) is 4.68 Å². The molecule has 16 heavy (non-hydrogen) atoms. The van der Waals surface area contributed by atoms with E-state index in [9.17, 15) is 13.6 Å². The molecule has 0 aliphatic rings. The van der Waals surface area contributed by atoms with Crippen LogP contribution < -0.4 is 5.32 Å². The highest BCUT2D eigenvalue weighted by Gasteiger charge is 2.17. The molecule has 1 aromatic rings. The topological polar surface area (TPSA) is 46.9 Å². The van der Waals surface area contributed by atoms with Gasteiger partial charge in [0.2, 0.25) is 5.91 Å². The van der Waals surface area contributed by atoms with Crippen molar-refractivity contribution in [3.05, 3.63) is 17.5 Å². The lowest BCUT2D eigenvalue weighted by molar-refractivity contribution is -0.122. The fourth-order valence-corrected chi connectivity index (χ4v) is 1.37. The van der Waals surface area contributed by atoms with Crippen molar-refractivity contribution in [1.82, 2.24) is 15.1 Å². The molecule has 0 radical (unpaired) electrons. The molecule has 0 bridgehead atoms. The average Bonchev–Trinajstić information content (AvgIpc) is 2.44. The Morgan fingerprint density at radius 1 is 1.56 bits per heavy atom. The van der Waals surface area contributed by atoms with Gasteiger partial charge in [-0.05, 0) is 26.8 Å². The minimum Gasteiger partial charge on any atom is -0.352 e. The van der Waals surface area contributed by atoms with E-state index in [1.54, 1.807) is 20.8 Å². The maximum absolute atomic E-state index is 12.6. The van der Waals surface area contributed by atoms with Gasteiger partial charge in [0.05, 0.1) is 5.69 Å². The van der Waals surface area contributed by atoms with Gasteiger partial charge in [-0.25, -0.2) is 8.78 Å². The number of amides is 1. The summed E-state index contributed by atoms with van der Waals surface area (Å²) < 4.78 is 26.2. The van der Waals surface area contributed by atoms with Gasteiger partial charge in [-0.3, -0.25) is 9.48 Å². The normalized spacial score (nSPS) is 11.2. The van der Waals surface area contributed by atoms with Gasteiger partial charge in [0, 0.05) is 6.04 Å². The first-order chi connectivity index (χ1) is 7.40. The molecule has 1 N–H and O–H groups in total. The zero-order valence-electron chi connectivity index (χ0n) is 9.50. The Kier molecular flexibility index (Phi) is 3.98. The fourth-order valence-electron chi connectivity index (χ4n) is 1.37. The van der Waals surface area contributed by atoms with Crippen molar-refractivity contribution in [3.63, 3.8) is 0 Å². The molecule has 1 aromatic heterocycles. The van der Waals surface area contributed by atoms with Crippen LogP contribution in [0.25, 0.3) is 0 Å². The Bertz CT molecular complexity index is 374. The Morgan fingerprint density at radius 2 is 2.19 bits per heavy atom. The van der Waals surface area contributed by atoms with Crippen molar-refractivity contribution in [3.8, 4) is 0 Å². The number of hydrogen-bond acceptors (Lipinski definition) is 2. The van der Waals surface area contributed by atoms with Gasteiger partial charge in [0.1, 0.15) is 12.2 Å². The van der Waals surface area contributed by atoms with Gasteiger partial charge in [0.25, 0.3) is 6.43 Å². The molecule has 0 fully saturated rings. The van der Waals surface area contributed by atoms with Crippen LogP contribution in [0.4, 0.5) is 8.78 Å². The summed E-state index contributed by atoms with van der Waals surface area (Å²) in [5, 5.41) is 6.48. The van der Waals surface area contributed by atoms with Gasteiger partial charge >= 0.3 is 0 Å². The maximum Gasteiger partial charge on any atom is 0.280 e. The van der Waals surface area contributed by atoms with Crippen molar-refractivity contribution in [2.24, 2.45) is 0 Å². The molecule has 0 unspecified atom stereocenters. The van der Waals surface area contributed by atoms with Gasteiger partial charge in [0.15, 0.2) is 0 Å². The zero-order chi connectivity index (χ0) is 12.3. The minimum absolute atomic E-state index is 0.0147. The average molecular weight is 231 g/mol. The van der Waals surface area contributed by atoms with E-state index in [0.29, 0.717) is 5.69 Å². The third-order valence-electron chi connectivity index (χ3n) is 1.90. The highest BCUT2D eigenvalue weighted by atomic mass is 19.3. The molecular formula is C10H15F2N3O. The number of carbonyl (C=O) groups excluding carboxylic acids is 1. The second-order valence-electron chi connectivity index (χ2n) is 3.89. The predicted molar refractivity (Wildman–Crippen MR) is 55.2 cm³/mol. The van der Waals surface area contributed by atoms with Gasteiger partial charge in [-0.1, -0.05) is 0 Å². The molecule has 0 saturated carbocycles. The highest BCUT2D eigenvalue weighted by Crippen LogP contribution is 2.19. The zero-order valence-corrected chi connectivity index (χ0v) is 9.50. The van der Waals surface area contributed by atoms with E-state index in [1.165, 1.54) is 6.07 Å². The second-order valence-corrected chi connectivity index (χ2v) is 3.89. The summed E-state index contributed by atoms with van der Waals surface area (Å²) in [7, 11) is 0. The molecule has 1 amide bonds. The molecule has 0 atom stereocenters. The Labute approximate surface area is 92.6 Å². The van der Waals surface area contributed by atoms with E-state index in [-0.39, 0.29) is 24.2 Å². The SMILES string of the molecule is Cc1cc(C(F)F)n(CC(=O)NC(C)C)n1. The van der Waals surface area contributed by atoms with E-state index in [1.807, 2.05) is 0 Å². The van der Waals surface area contributed by atoms with Crippen LogP contribution in [0, 0.1) is 6.92 Å². The molecule has 0 aromatic carbocycles. The standard InChI is InChI=1S/C10H15F2N3O/c1-6(2)13-9(16)5-15-8(10(11)12)4-7(3)14-15/h4,6,10H,5H2,1-3H3,(H,13,16). The molecular weight excluding hydrogens is 216 g/mol. The quantitative estimate of drug-likeness (QED) is 0.856. The predicted octanol–water partition coefficient (Wildman–Crippen LogP) is 1.65. The Morgan fingerprint density at radius 3 is 2.69 bits per heavy atom. The van der Waals surface area contributed by atoms with Crippen LogP contribution in [-0.4, -0.2) is 21.7 Å². The number of nitrogens with one attached hydrogen (secondary N) is 1. The van der Waals surface area contributed by atoms with E-state index in [4.69, 9.17) is 0 Å². The maximum atomic E-state index is 12.6. The summed E-state index contributed by atoms with van der Waals surface area (Å²) in [6, 6.07) is 1.27. The van der Waals surface area contributed by atoms with Gasteiger partial charge in [-0.15, -0.1) is 0 Å². The lowest BCUT2D eigenvalue weighted by Gasteiger charge is -2.10. The summed E-state index contributed by atoms with van der Waals surface area (Å²) in [6.07, 6.45) is -2.62. The van der Waals surface area contributed by atoms with E-state index in [2.05, 4.69) is 10.4 Å². The second kappa shape index (κ2) is 5.05. The van der Waals surface area contributed by atoms with Crippen LogP contribution in [0.5, 0.6) is 0 Å². The third-order valence-corrected chi connectivity index (χ3v) is 1.90. The molecule has 0 aliphatic heterocycles. The summed E-state index contributed by atoms with van der Waals surface area (Å²) in [4.78, 5) is 11.4. The lowest BCUT2D eigenvalue weighted by atomic mass is 10.3. The number of carbonyl (C=O) groups is 1. The van der Waals surface area contributed by atoms with Crippen LogP contribution >= 0.6 is 0 Å². The number of aryl methyl sites for hydroxylation is 1. The largest absolute Gasteiger partial charge is 0.352 e.